The molecule has 0 aliphatic heterocycles. The van der Waals surface area contributed by atoms with Gasteiger partial charge in [0.1, 0.15) is 0 Å². The van der Waals surface area contributed by atoms with Crippen molar-refractivity contribution in [1.82, 2.24) is 16.0 Å². The lowest BCUT2D eigenvalue weighted by Gasteiger charge is -2.13. The summed E-state index contributed by atoms with van der Waals surface area (Å²) in [5.41, 5.74) is 2.65. The van der Waals surface area contributed by atoms with Gasteiger partial charge in [-0.25, -0.2) is 8.42 Å². The fraction of sp³-hybridized carbons (Fsp3) is 0.333. The molecule has 0 saturated heterocycles. The van der Waals surface area contributed by atoms with Crippen LogP contribution in [0.3, 0.4) is 0 Å². The zero-order valence-corrected chi connectivity index (χ0v) is 20.6. The summed E-state index contributed by atoms with van der Waals surface area (Å²) in [5, 5.41) is 9.25. The number of aliphatic imine (C=N–C) groups is 1. The quantitative estimate of drug-likeness (QED) is 0.269. The number of guanidine groups is 1. The van der Waals surface area contributed by atoms with Crippen LogP contribution in [-0.2, 0) is 22.8 Å². The molecule has 9 heteroatoms. The largest absolute Gasteiger partial charge is 0.356 e. The van der Waals surface area contributed by atoms with E-state index in [0.717, 1.165) is 17.5 Å². The van der Waals surface area contributed by atoms with E-state index in [4.69, 9.17) is 0 Å². The lowest BCUT2D eigenvalue weighted by atomic mass is 10.1. The van der Waals surface area contributed by atoms with Crippen LogP contribution in [0.25, 0.3) is 0 Å². The molecule has 1 amide bonds. The van der Waals surface area contributed by atoms with Crippen LogP contribution in [0.1, 0.15) is 28.4 Å². The number of carbonyl (C=O) groups is 1. The van der Waals surface area contributed by atoms with Crippen molar-refractivity contribution in [1.29, 1.82) is 0 Å². The second kappa shape index (κ2) is 12.5. The van der Waals surface area contributed by atoms with Gasteiger partial charge in [0.25, 0.3) is 5.91 Å². The maximum Gasteiger partial charge on any atom is 0.251 e. The Morgan fingerprint density at radius 2 is 1.70 bits per heavy atom. The predicted molar refractivity (Wildman–Crippen MR) is 131 cm³/mol. The highest BCUT2D eigenvalue weighted by Crippen LogP contribution is 2.10. The van der Waals surface area contributed by atoms with Gasteiger partial charge >= 0.3 is 0 Å². The molecule has 0 heterocycles. The fourth-order valence-corrected chi connectivity index (χ4v) is 3.35. The van der Waals surface area contributed by atoms with E-state index >= 15 is 0 Å². The number of sulfone groups is 1. The van der Waals surface area contributed by atoms with Crippen molar-refractivity contribution in [2.75, 3.05) is 26.4 Å². The van der Waals surface area contributed by atoms with E-state index in [9.17, 15) is 13.2 Å². The van der Waals surface area contributed by atoms with Crippen molar-refractivity contribution in [3.05, 3.63) is 65.2 Å². The highest BCUT2D eigenvalue weighted by molar-refractivity contribution is 14.0. The minimum atomic E-state index is -3.17. The Morgan fingerprint density at radius 3 is 2.30 bits per heavy atom. The van der Waals surface area contributed by atoms with Crippen molar-refractivity contribution >= 4 is 45.7 Å². The molecule has 7 nitrogen and oxygen atoms in total. The van der Waals surface area contributed by atoms with E-state index in [0.29, 0.717) is 36.1 Å². The molecular formula is C21H29IN4O3S. The van der Waals surface area contributed by atoms with Crippen molar-refractivity contribution < 1.29 is 13.2 Å². The van der Waals surface area contributed by atoms with Crippen LogP contribution in [0.2, 0.25) is 0 Å². The van der Waals surface area contributed by atoms with E-state index in [1.807, 2.05) is 37.3 Å². The fourth-order valence-electron chi connectivity index (χ4n) is 2.72. The molecule has 0 fully saturated rings. The first-order chi connectivity index (χ1) is 13.8. The van der Waals surface area contributed by atoms with Gasteiger partial charge < -0.3 is 16.0 Å². The second-order valence-corrected chi connectivity index (χ2v) is 8.59. The zero-order valence-electron chi connectivity index (χ0n) is 17.4. The first-order valence-corrected chi connectivity index (χ1v) is 11.3. The van der Waals surface area contributed by atoms with E-state index in [-0.39, 0.29) is 29.9 Å². The summed E-state index contributed by atoms with van der Waals surface area (Å²) in [6.07, 6.45) is 1.93. The van der Waals surface area contributed by atoms with Crippen molar-refractivity contribution in [3.63, 3.8) is 0 Å². The van der Waals surface area contributed by atoms with Gasteiger partial charge in [0.15, 0.2) is 15.8 Å². The smallest absolute Gasteiger partial charge is 0.251 e. The minimum Gasteiger partial charge on any atom is -0.356 e. The Bertz CT molecular complexity index is 960. The van der Waals surface area contributed by atoms with Crippen molar-refractivity contribution in [2.24, 2.45) is 4.99 Å². The van der Waals surface area contributed by atoms with Gasteiger partial charge in [-0.15, -0.1) is 24.0 Å². The monoisotopic (exact) mass is 544 g/mol. The molecule has 0 atom stereocenters. The molecule has 3 N–H and O–H groups in total. The van der Waals surface area contributed by atoms with E-state index in [1.165, 1.54) is 6.26 Å². The molecule has 0 aromatic heterocycles. The van der Waals surface area contributed by atoms with Crippen LogP contribution in [0, 0.1) is 0 Å². The molecule has 0 spiro atoms. The SMILES string of the molecule is CCNC(=O)c1cccc(CNC(=NC)NCCc2ccc(S(C)(=O)=O)cc2)c1.I. The number of rotatable bonds is 8. The zero-order chi connectivity index (χ0) is 21.3. The number of nitrogens with zero attached hydrogens (tertiary/aromatic N) is 1. The summed E-state index contributed by atoms with van der Waals surface area (Å²) >= 11 is 0. The third kappa shape index (κ3) is 8.31. The standard InChI is InChI=1S/C21H28N4O3S.HI/c1-4-23-20(26)18-7-5-6-17(14-18)15-25-21(22-2)24-13-12-16-8-10-19(11-9-16)29(3,27)28;/h5-11,14H,4,12-13,15H2,1-3H3,(H,23,26)(H2,22,24,25);1H. The highest BCUT2D eigenvalue weighted by atomic mass is 127. The lowest BCUT2D eigenvalue weighted by Crippen LogP contribution is -2.37. The highest BCUT2D eigenvalue weighted by Gasteiger charge is 2.07. The normalized spacial score (nSPS) is 11.4. The molecule has 0 saturated carbocycles. The maximum atomic E-state index is 11.9. The average molecular weight is 544 g/mol. The Kier molecular flexibility index (Phi) is 10.8. The van der Waals surface area contributed by atoms with Gasteiger partial charge in [-0.3, -0.25) is 9.79 Å². The molecule has 0 bridgehead atoms. The van der Waals surface area contributed by atoms with Crippen LogP contribution in [0.4, 0.5) is 0 Å². The Morgan fingerprint density at radius 1 is 1.00 bits per heavy atom. The summed E-state index contributed by atoms with van der Waals surface area (Å²) < 4.78 is 23.0. The van der Waals surface area contributed by atoms with Crippen molar-refractivity contribution in [3.8, 4) is 0 Å². The van der Waals surface area contributed by atoms with E-state index in [1.54, 1.807) is 25.2 Å². The van der Waals surface area contributed by atoms with Crippen molar-refractivity contribution in [2.45, 2.75) is 24.8 Å². The van der Waals surface area contributed by atoms with E-state index in [2.05, 4.69) is 20.9 Å². The number of halogens is 1. The first kappa shape index (κ1) is 25.9. The van der Waals surface area contributed by atoms with Crippen LogP contribution < -0.4 is 16.0 Å². The van der Waals surface area contributed by atoms with Gasteiger partial charge in [-0.1, -0.05) is 24.3 Å². The number of hydrogen-bond donors (Lipinski definition) is 3. The first-order valence-electron chi connectivity index (χ1n) is 9.44. The Labute approximate surface area is 195 Å². The molecule has 2 aromatic rings. The topological polar surface area (TPSA) is 99.7 Å². The maximum absolute atomic E-state index is 11.9. The summed E-state index contributed by atoms with van der Waals surface area (Å²) in [7, 11) is -1.48. The van der Waals surface area contributed by atoms with Crippen LogP contribution in [0.15, 0.2) is 58.4 Å². The third-order valence-corrected chi connectivity index (χ3v) is 5.40. The molecule has 164 valence electrons. The molecule has 0 unspecified atom stereocenters. The summed E-state index contributed by atoms with van der Waals surface area (Å²) in [5.74, 6) is 0.569. The van der Waals surface area contributed by atoms with Crippen LogP contribution >= 0.6 is 24.0 Å². The number of hydrogen-bond acceptors (Lipinski definition) is 4. The van der Waals surface area contributed by atoms with Gasteiger partial charge in [0.2, 0.25) is 0 Å². The molecule has 2 rings (SSSR count). The number of benzene rings is 2. The molecule has 0 radical (unpaired) electrons. The van der Waals surface area contributed by atoms with Crippen LogP contribution in [0.5, 0.6) is 0 Å². The second-order valence-electron chi connectivity index (χ2n) is 6.58. The number of amides is 1. The summed E-state index contributed by atoms with van der Waals surface area (Å²) in [6, 6.07) is 14.3. The summed E-state index contributed by atoms with van der Waals surface area (Å²) in [4.78, 5) is 16.5. The molecule has 0 aliphatic carbocycles. The number of nitrogens with one attached hydrogen (secondary N) is 3. The third-order valence-electron chi connectivity index (χ3n) is 4.27. The Hall–Kier alpha value is -2.14. The van der Waals surface area contributed by atoms with E-state index < -0.39 is 9.84 Å². The van der Waals surface area contributed by atoms with Gasteiger partial charge in [0, 0.05) is 38.5 Å². The molecular weight excluding hydrogens is 515 g/mol. The number of carbonyl (C=O) groups excluding carboxylic acids is 1. The molecule has 0 aliphatic rings. The summed E-state index contributed by atoms with van der Waals surface area (Å²) in [6.45, 7) is 3.67. The van der Waals surface area contributed by atoms with Gasteiger partial charge in [0.05, 0.1) is 4.90 Å². The average Bonchev–Trinajstić information content (AvgIpc) is 2.70. The molecule has 30 heavy (non-hydrogen) atoms. The lowest BCUT2D eigenvalue weighted by molar-refractivity contribution is 0.0955. The van der Waals surface area contributed by atoms with Gasteiger partial charge in [-0.2, -0.15) is 0 Å². The predicted octanol–water partition coefficient (Wildman–Crippen LogP) is 2.37. The minimum absolute atomic E-state index is 0. The van der Waals surface area contributed by atoms with Crippen LogP contribution in [-0.4, -0.2) is 46.7 Å². The molecule has 2 aromatic carbocycles. The Balaban J connectivity index is 0.00000450. The van der Waals surface area contributed by atoms with Gasteiger partial charge in [-0.05, 0) is 48.7 Å².